The van der Waals surface area contributed by atoms with Crippen LogP contribution in [-0.4, -0.2) is 20.6 Å². The molecule has 4 rings (SSSR count). The standard InChI is InChI=1S/C20H19N3O/c1-14-17-18(16-11-7-4-8-12-16)23(13-15-9-5-3-6-10-15)20(24)19(17)22(2)21-14/h3-12,18H,13H2,1-2H3. The van der Waals surface area contributed by atoms with Crippen molar-refractivity contribution < 1.29 is 4.79 Å². The quantitative estimate of drug-likeness (QED) is 0.742. The summed E-state index contributed by atoms with van der Waals surface area (Å²) in [5, 5.41) is 4.47. The molecular formula is C20H19N3O. The van der Waals surface area contributed by atoms with Crippen LogP contribution in [0.15, 0.2) is 60.7 Å². The van der Waals surface area contributed by atoms with Crippen LogP contribution < -0.4 is 0 Å². The van der Waals surface area contributed by atoms with Crippen LogP contribution in [0.5, 0.6) is 0 Å². The number of carbonyl (C=O) groups is 1. The molecule has 2 heterocycles. The molecule has 4 heteroatoms. The highest BCUT2D eigenvalue weighted by Crippen LogP contribution is 2.40. The molecule has 1 amide bonds. The molecule has 0 aliphatic carbocycles. The largest absolute Gasteiger partial charge is 0.322 e. The number of amides is 1. The van der Waals surface area contributed by atoms with Crippen LogP contribution >= 0.6 is 0 Å². The zero-order chi connectivity index (χ0) is 16.7. The van der Waals surface area contributed by atoms with Crippen molar-refractivity contribution in [2.45, 2.75) is 19.5 Å². The molecule has 0 saturated heterocycles. The number of aromatic nitrogens is 2. The van der Waals surface area contributed by atoms with E-state index >= 15 is 0 Å². The highest BCUT2D eigenvalue weighted by molar-refractivity contribution is 5.98. The molecular weight excluding hydrogens is 298 g/mol. The van der Waals surface area contributed by atoms with E-state index in [4.69, 9.17) is 0 Å². The van der Waals surface area contributed by atoms with E-state index in [9.17, 15) is 4.79 Å². The smallest absolute Gasteiger partial charge is 0.273 e. The predicted molar refractivity (Wildman–Crippen MR) is 92.5 cm³/mol. The van der Waals surface area contributed by atoms with Gasteiger partial charge in [0.1, 0.15) is 5.69 Å². The summed E-state index contributed by atoms with van der Waals surface area (Å²) in [6, 6.07) is 20.2. The Bertz CT molecular complexity index is 884. The molecule has 1 unspecified atom stereocenters. The van der Waals surface area contributed by atoms with Crippen LogP contribution in [0.4, 0.5) is 0 Å². The minimum absolute atomic E-state index is 0.0470. The molecule has 0 spiro atoms. The maximum Gasteiger partial charge on any atom is 0.273 e. The number of nitrogens with zero attached hydrogens (tertiary/aromatic N) is 3. The van der Waals surface area contributed by atoms with E-state index in [0.29, 0.717) is 12.2 Å². The van der Waals surface area contributed by atoms with Gasteiger partial charge in [0.15, 0.2) is 0 Å². The highest BCUT2D eigenvalue weighted by Gasteiger charge is 2.42. The molecule has 1 atom stereocenters. The fourth-order valence-corrected chi connectivity index (χ4v) is 3.59. The van der Waals surface area contributed by atoms with Gasteiger partial charge in [0, 0.05) is 19.2 Å². The molecule has 1 aliphatic heterocycles. The minimum Gasteiger partial charge on any atom is -0.322 e. The van der Waals surface area contributed by atoms with Gasteiger partial charge in [-0.25, -0.2) is 0 Å². The first kappa shape index (κ1) is 14.7. The first-order valence-electron chi connectivity index (χ1n) is 8.10. The summed E-state index contributed by atoms with van der Waals surface area (Å²) in [5.74, 6) is 0.0470. The normalized spacial score (nSPS) is 16.5. The lowest BCUT2D eigenvalue weighted by atomic mass is 9.99. The first-order chi connectivity index (χ1) is 11.7. The summed E-state index contributed by atoms with van der Waals surface area (Å²) in [6.45, 7) is 2.57. The monoisotopic (exact) mass is 317 g/mol. The van der Waals surface area contributed by atoms with E-state index in [1.807, 2.05) is 55.3 Å². The number of aryl methyl sites for hydroxylation is 2. The molecule has 2 aromatic carbocycles. The lowest BCUT2D eigenvalue weighted by Gasteiger charge is -2.26. The predicted octanol–water partition coefficient (Wildman–Crippen LogP) is 3.47. The molecule has 0 saturated carbocycles. The van der Waals surface area contributed by atoms with Gasteiger partial charge in [0.2, 0.25) is 0 Å². The second-order valence-corrected chi connectivity index (χ2v) is 6.20. The van der Waals surface area contributed by atoms with Gasteiger partial charge in [0.25, 0.3) is 5.91 Å². The van der Waals surface area contributed by atoms with Crippen molar-refractivity contribution in [2.75, 3.05) is 0 Å². The molecule has 3 aromatic rings. The van der Waals surface area contributed by atoms with Gasteiger partial charge in [0.05, 0.1) is 11.7 Å². The average Bonchev–Trinajstić information content (AvgIpc) is 3.05. The second kappa shape index (κ2) is 5.64. The zero-order valence-corrected chi connectivity index (χ0v) is 13.8. The SMILES string of the molecule is Cc1nn(C)c2c1C(c1ccccc1)N(Cc1ccccc1)C2=O. The molecule has 0 N–H and O–H groups in total. The Hall–Kier alpha value is -2.88. The van der Waals surface area contributed by atoms with Gasteiger partial charge in [-0.2, -0.15) is 5.10 Å². The minimum atomic E-state index is -0.0809. The van der Waals surface area contributed by atoms with Gasteiger partial charge in [-0.1, -0.05) is 60.7 Å². The van der Waals surface area contributed by atoms with Crippen molar-refractivity contribution >= 4 is 5.91 Å². The molecule has 1 aromatic heterocycles. The Labute approximate surface area is 141 Å². The van der Waals surface area contributed by atoms with Crippen LogP contribution in [0.25, 0.3) is 0 Å². The molecule has 0 fully saturated rings. The summed E-state index contributed by atoms with van der Waals surface area (Å²) in [5.41, 5.74) is 4.91. The lowest BCUT2D eigenvalue weighted by molar-refractivity contribution is 0.0725. The van der Waals surface area contributed by atoms with Crippen molar-refractivity contribution in [3.05, 3.63) is 88.7 Å². The Morgan fingerprint density at radius 1 is 1.00 bits per heavy atom. The first-order valence-corrected chi connectivity index (χ1v) is 8.10. The van der Waals surface area contributed by atoms with Gasteiger partial charge < -0.3 is 4.90 Å². The maximum absolute atomic E-state index is 13.1. The fraction of sp³-hybridized carbons (Fsp3) is 0.200. The fourth-order valence-electron chi connectivity index (χ4n) is 3.59. The summed E-state index contributed by atoms with van der Waals surface area (Å²) in [4.78, 5) is 15.0. The highest BCUT2D eigenvalue weighted by atomic mass is 16.2. The maximum atomic E-state index is 13.1. The third-order valence-electron chi connectivity index (χ3n) is 4.63. The van der Waals surface area contributed by atoms with Crippen molar-refractivity contribution in [3.63, 3.8) is 0 Å². The van der Waals surface area contributed by atoms with Crippen LogP contribution in [0.3, 0.4) is 0 Å². The Balaban J connectivity index is 1.83. The Morgan fingerprint density at radius 3 is 2.29 bits per heavy atom. The van der Waals surface area contributed by atoms with Crippen LogP contribution in [0.2, 0.25) is 0 Å². The third kappa shape index (κ3) is 2.22. The van der Waals surface area contributed by atoms with E-state index in [-0.39, 0.29) is 11.9 Å². The van der Waals surface area contributed by atoms with Crippen molar-refractivity contribution in [1.82, 2.24) is 14.7 Å². The van der Waals surface area contributed by atoms with Crippen LogP contribution in [0.1, 0.15) is 38.9 Å². The average molecular weight is 317 g/mol. The van der Waals surface area contributed by atoms with Crippen molar-refractivity contribution in [3.8, 4) is 0 Å². The van der Waals surface area contributed by atoms with Gasteiger partial charge in [-0.3, -0.25) is 9.48 Å². The molecule has 0 radical (unpaired) electrons. The number of fused-ring (bicyclic) bond motifs is 1. The van der Waals surface area contributed by atoms with E-state index in [1.165, 1.54) is 0 Å². The molecule has 4 nitrogen and oxygen atoms in total. The summed E-state index contributed by atoms with van der Waals surface area (Å²) in [6.07, 6.45) is 0. The zero-order valence-electron chi connectivity index (χ0n) is 13.8. The third-order valence-corrected chi connectivity index (χ3v) is 4.63. The summed E-state index contributed by atoms with van der Waals surface area (Å²) in [7, 11) is 1.85. The van der Waals surface area contributed by atoms with Gasteiger partial charge in [-0.15, -0.1) is 0 Å². The Kier molecular flexibility index (Phi) is 3.45. The lowest BCUT2D eigenvalue weighted by Crippen LogP contribution is -2.29. The van der Waals surface area contributed by atoms with Crippen molar-refractivity contribution in [2.24, 2.45) is 7.05 Å². The number of hydrogen-bond acceptors (Lipinski definition) is 2. The van der Waals surface area contributed by atoms with Crippen molar-refractivity contribution in [1.29, 1.82) is 0 Å². The van der Waals surface area contributed by atoms with E-state index < -0.39 is 0 Å². The van der Waals surface area contributed by atoms with Crippen LogP contribution in [0, 0.1) is 6.92 Å². The topological polar surface area (TPSA) is 38.1 Å². The van der Waals surface area contributed by atoms with E-state index in [2.05, 4.69) is 29.4 Å². The molecule has 120 valence electrons. The number of benzene rings is 2. The number of carbonyl (C=O) groups excluding carboxylic acids is 1. The number of rotatable bonds is 3. The summed E-state index contributed by atoms with van der Waals surface area (Å²) >= 11 is 0. The van der Waals surface area contributed by atoms with Crippen LogP contribution in [-0.2, 0) is 13.6 Å². The van der Waals surface area contributed by atoms with Gasteiger partial charge >= 0.3 is 0 Å². The Morgan fingerprint density at radius 2 is 1.62 bits per heavy atom. The number of hydrogen-bond donors (Lipinski definition) is 0. The molecule has 24 heavy (non-hydrogen) atoms. The molecule has 0 bridgehead atoms. The van der Waals surface area contributed by atoms with E-state index in [1.54, 1.807) is 4.68 Å². The summed E-state index contributed by atoms with van der Waals surface area (Å²) < 4.78 is 1.72. The van der Waals surface area contributed by atoms with Gasteiger partial charge in [-0.05, 0) is 18.1 Å². The second-order valence-electron chi connectivity index (χ2n) is 6.20. The molecule has 1 aliphatic rings. The van der Waals surface area contributed by atoms with E-state index in [0.717, 1.165) is 22.4 Å².